The summed E-state index contributed by atoms with van der Waals surface area (Å²) in [5.74, 6) is -2.04. The zero-order valence-electron chi connectivity index (χ0n) is 16.5. The predicted octanol–water partition coefficient (Wildman–Crippen LogP) is 1.65. The van der Waals surface area contributed by atoms with Crippen molar-refractivity contribution in [2.75, 3.05) is 6.61 Å². The Hall–Kier alpha value is -1.85. The lowest BCUT2D eigenvalue weighted by molar-refractivity contribution is -0.384. The van der Waals surface area contributed by atoms with E-state index in [1.165, 1.54) is 19.1 Å². The first-order valence-electron chi connectivity index (χ1n) is 9.57. The number of aliphatic hydroxyl groups excluding tert-OH is 1. The van der Waals surface area contributed by atoms with Gasteiger partial charge >= 0.3 is 0 Å². The average molecular weight is 436 g/mol. The largest absolute Gasteiger partial charge is 0.385 e. The molecule has 6 atom stereocenters. The van der Waals surface area contributed by atoms with E-state index < -0.39 is 46.6 Å². The van der Waals surface area contributed by atoms with E-state index >= 15 is 0 Å². The van der Waals surface area contributed by atoms with Crippen LogP contribution in [0.25, 0.3) is 0 Å². The fourth-order valence-corrected chi connectivity index (χ4v) is 4.68. The summed E-state index contributed by atoms with van der Waals surface area (Å²) in [4.78, 5) is -0.0605. The second-order valence-corrected chi connectivity index (χ2v) is 9.23. The molecule has 2 N–H and O–H groups in total. The van der Waals surface area contributed by atoms with E-state index in [0.29, 0.717) is 0 Å². The molecule has 8 nitrogen and oxygen atoms in total. The van der Waals surface area contributed by atoms with Crippen molar-refractivity contribution in [3.05, 3.63) is 65.7 Å². The number of aliphatic hydroxyl groups is 2. The molecule has 0 aliphatic carbocycles. The minimum Gasteiger partial charge on any atom is -0.385 e. The minimum atomic E-state index is -4.24. The van der Waals surface area contributed by atoms with Gasteiger partial charge in [-0.1, -0.05) is 48.0 Å². The van der Waals surface area contributed by atoms with E-state index in [4.69, 9.17) is 18.4 Å². The van der Waals surface area contributed by atoms with Crippen molar-refractivity contribution in [2.45, 2.75) is 55.2 Å². The predicted molar refractivity (Wildman–Crippen MR) is 105 cm³/mol. The van der Waals surface area contributed by atoms with E-state index in [2.05, 4.69) is 0 Å². The van der Waals surface area contributed by atoms with Crippen LogP contribution in [0.3, 0.4) is 0 Å². The Morgan fingerprint density at radius 2 is 1.77 bits per heavy atom. The molecule has 162 valence electrons. The monoisotopic (exact) mass is 436 g/mol. The molecule has 2 saturated heterocycles. The van der Waals surface area contributed by atoms with Gasteiger partial charge in [-0.05, 0) is 26.0 Å². The molecule has 9 heteroatoms. The smallest absolute Gasteiger partial charge is 0.297 e. The van der Waals surface area contributed by atoms with E-state index in [1.807, 2.05) is 25.1 Å². The summed E-state index contributed by atoms with van der Waals surface area (Å²) < 4.78 is 48.3. The number of hydrogen-bond donors (Lipinski definition) is 2. The standard InChI is InChI=1S/C21H24O8S/c1-13-8-10-15(11-9-13)30(24,25)29-18-17-16(28-21(2,23)19(18)22)12-26-20(27-17)14-6-4-3-5-7-14/h3-11,16-20,22-23H,12H2,1-2H3/t16-,17-,18+,19+,20?,21+/m1/s1. The Balaban J connectivity index is 1.63. The highest BCUT2D eigenvalue weighted by molar-refractivity contribution is 7.86. The third-order valence-corrected chi connectivity index (χ3v) is 6.58. The molecule has 0 aromatic heterocycles. The number of benzene rings is 2. The van der Waals surface area contributed by atoms with Crippen LogP contribution in [-0.4, -0.2) is 55.4 Å². The van der Waals surface area contributed by atoms with E-state index in [0.717, 1.165) is 11.1 Å². The SMILES string of the molecule is Cc1ccc(S(=O)(=O)O[C@H]2[C@@H]3OC(c4ccccc4)OC[C@H]3O[C@](C)(O)[C@H]2O)cc1. The molecule has 30 heavy (non-hydrogen) atoms. The van der Waals surface area contributed by atoms with Gasteiger partial charge < -0.3 is 24.4 Å². The maximum atomic E-state index is 12.9. The Morgan fingerprint density at radius 3 is 2.43 bits per heavy atom. The van der Waals surface area contributed by atoms with Crippen LogP contribution in [0.2, 0.25) is 0 Å². The van der Waals surface area contributed by atoms with Crippen LogP contribution in [0.1, 0.15) is 24.3 Å². The van der Waals surface area contributed by atoms with Crippen molar-refractivity contribution in [1.29, 1.82) is 0 Å². The molecule has 0 bridgehead atoms. The maximum Gasteiger partial charge on any atom is 0.297 e. The summed E-state index contributed by atoms with van der Waals surface area (Å²) in [7, 11) is -4.24. The van der Waals surface area contributed by atoms with E-state index in [1.54, 1.807) is 24.3 Å². The molecule has 2 aromatic rings. The highest BCUT2D eigenvalue weighted by Crippen LogP contribution is 2.39. The maximum absolute atomic E-state index is 12.9. The number of ether oxygens (including phenoxy) is 3. The third-order valence-electron chi connectivity index (χ3n) is 5.25. The summed E-state index contributed by atoms with van der Waals surface area (Å²) in [6, 6.07) is 15.2. The van der Waals surface area contributed by atoms with Gasteiger partial charge in [-0.25, -0.2) is 0 Å². The molecule has 0 spiro atoms. The first-order chi connectivity index (χ1) is 14.2. The number of rotatable bonds is 4. The minimum absolute atomic E-state index is 0.0253. The second kappa shape index (κ2) is 8.01. The molecule has 1 unspecified atom stereocenters. The van der Waals surface area contributed by atoms with Crippen molar-refractivity contribution in [3.8, 4) is 0 Å². The molecule has 4 rings (SSSR count). The van der Waals surface area contributed by atoms with Crippen LogP contribution in [-0.2, 0) is 28.5 Å². The lowest BCUT2D eigenvalue weighted by atomic mass is 9.93. The first-order valence-corrected chi connectivity index (χ1v) is 11.0. The summed E-state index contributed by atoms with van der Waals surface area (Å²) in [5, 5.41) is 21.1. The van der Waals surface area contributed by atoms with Gasteiger partial charge in [0, 0.05) is 5.56 Å². The number of aryl methyl sites for hydroxylation is 1. The van der Waals surface area contributed by atoms with Gasteiger partial charge in [-0.3, -0.25) is 4.18 Å². The first kappa shape index (κ1) is 21.4. The molecule has 2 aromatic carbocycles. The molecule has 0 radical (unpaired) electrons. The van der Waals surface area contributed by atoms with E-state index in [9.17, 15) is 18.6 Å². The normalized spacial score (nSPS) is 34.3. The number of hydrogen-bond acceptors (Lipinski definition) is 8. The highest BCUT2D eigenvalue weighted by atomic mass is 32.2. The molecule has 2 heterocycles. The van der Waals surface area contributed by atoms with Crippen molar-refractivity contribution in [2.24, 2.45) is 0 Å². The summed E-state index contributed by atoms with van der Waals surface area (Å²) in [5.41, 5.74) is 1.62. The summed E-state index contributed by atoms with van der Waals surface area (Å²) >= 11 is 0. The van der Waals surface area contributed by atoms with Crippen molar-refractivity contribution >= 4 is 10.1 Å². The fourth-order valence-electron chi connectivity index (χ4n) is 3.60. The van der Waals surface area contributed by atoms with Gasteiger partial charge in [-0.2, -0.15) is 8.42 Å². The number of fused-ring (bicyclic) bond motifs is 1. The summed E-state index contributed by atoms with van der Waals surface area (Å²) in [6.45, 7) is 3.10. The quantitative estimate of drug-likeness (QED) is 0.696. The van der Waals surface area contributed by atoms with Crippen LogP contribution < -0.4 is 0 Å². The molecule has 0 amide bonds. The highest BCUT2D eigenvalue weighted by Gasteiger charge is 2.56. The zero-order chi connectivity index (χ0) is 21.5. The van der Waals surface area contributed by atoms with Crippen molar-refractivity contribution in [1.82, 2.24) is 0 Å². The molecular weight excluding hydrogens is 412 g/mol. The van der Waals surface area contributed by atoms with Crippen molar-refractivity contribution in [3.63, 3.8) is 0 Å². The Morgan fingerprint density at radius 1 is 1.10 bits per heavy atom. The molecule has 2 aliphatic rings. The second-order valence-electron chi connectivity index (χ2n) is 7.66. The zero-order valence-corrected chi connectivity index (χ0v) is 17.4. The van der Waals surface area contributed by atoms with Gasteiger partial charge in [0.15, 0.2) is 12.1 Å². The van der Waals surface area contributed by atoms with Gasteiger partial charge in [0.2, 0.25) is 0 Å². The molecule has 0 saturated carbocycles. The van der Waals surface area contributed by atoms with Crippen LogP contribution >= 0.6 is 0 Å². The van der Waals surface area contributed by atoms with Crippen LogP contribution in [0, 0.1) is 6.92 Å². The van der Waals surface area contributed by atoms with Gasteiger partial charge in [0.1, 0.15) is 24.4 Å². The Bertz CT molecular complexity index is 974. The average Bonchev–Trinajstić information content (AvgIpc) is 2.72. The lowest BCUT2D eigenvalue weighted by Crippen LogP contribution is -2.67. The van der Waals surface area contributed by atoms with Gasteiger partial charge in [-0.15, -0.1) is 0 Å². The Labute approximate surface area is 175 Å². The molecular formula is C21H24O8S. The lowest BCUT2D eigenvalue weighted by Gasteiger charge is -2.49. The summed E-state index contributed by atoms with van der Waals surface area (Å²) in [6.07, 6.45) is -5.69. The molecule has 2 fully saturated rings. The van der Waals surface area contributed by atoms with Crippen LogP contribution in [0.4, 0.5) is 0 Å². The third kappa shape index (κ3) is 4.15. The fraction of sp³-hybridized carbons (Fsp3) is 0.429. The van der Waals surface area contributed by atoms with Gasteiger partial charge in [0.25, 0.3) is 10.1 Å². The van der Waals surface area contributed by atoms with E-state index in [-0.39, 0.29) is 11.5 Å². The molecule has 2 aliphatic heterocycles. The topological polar surface area (TPSA) is 112 Å². The van der Waals surface area contributed by atoms with Crippen LogP contribution in [0.5, 0.6) is 0 Å². The van der Waals surface area contributed by atoms with Crippen molar-refractivity contribution < 1.29 is 37.0 Å². The van der Waals surface area contributed by atoms with Crippen LogP contribution in [0.15, 0.2) is 59.5 Å². The van der Waals surface area contributed by atoms with Gasteiger partial charge in [0.05, 0.1) is 11.5 Å². The Kier molecular flexibility index (Phi) is 5.71.